The molecule has 106 valence electrons. The highest BCUT2D eigenvalue weighted by atomic mass is 16.6. The van der Waals surface area contributed by atoms with Gasteiger partial charge in [-0.25, -0.2) is 0 Å². The lowest BCUT2D eigenvalue weighted by atomic mass is 9.85. The van der Waals surface area contributed by atoms with Crippen molar-refractivity contribution in [1.82, 2.24) is 5.32 Å². The van der Waals surface area contributed by atoms with Gasteiger partial charge < -0.3 is 10.4 Å². The van der Waals surface area contributed by atoms with Crippen LogP contribution in [0.3, 0.4) is 0 Å². The monoisotopic (exact) mass is 266 g/mol. The molecule has 0 fully saturated rings. The molecule has 0 bridgehead atoms. The van der Waals surface area contributed by atoms with Crippen molar-refractivity contribution >= 4 is 5.69 Å². The van der Waals surface area contributed by atoms with Gasteiger partial charge in [-0.1, -0.05) is 32.9 Å². The average Bonchev–Trinajstić information content (AvgIpc) is 2.33. The fourth-order valence-electron chi connectivity index (χ4n) is 1.95. The summed E-state index contributed by atoms with van der Waals surface area (Å²) >= 11 is 0. The molecular formula is C14H22N2O3. The minimum atomic E-state index is -0.402. The molecule has 0 aromatic heterocycles. The summed E-state index contributed by atoms with van der Waals surface area (Å²) in [5.41, 5.74) is 1.16. The van der Waals surface area contributed by atoms with E-state index in [0.717, 1.165) is 5.56 Å². The van der Waals surface area contributed by atoms with Gasteiger partial charge in [0.05, 0.1) is 4.92 Å². The standard InChI is InChI=1S/C14H22N2O3/c1-14(2,3)13(8-9-17)15-10-11-4-6-12(7-5-11)16(18)19/h4-7,13,15,17H,8-10H2,1-3H3. The maximum absolute atomic E-state index is 10.6. The Morgan fingerprint density at radius 3 is 2.32 bits per heavy atom. The maximum Gasteiger partial charge on any atom is 0.269 e. The summed E-state index contributed by atoms with van der Waals surface area (Å²) in [4.78, 5) is 10.2. The Bertz CT molecular complexity index is 410. The SMILES string of the molecule is CC(C)(C)C(CCO)NCc1ccc([N+](=O)[O-])cc1. The topological polar surface area (TPSA) is 75.4 Å². The smallest absolute Gasteiger partial charge is 0.269 e. The lowest BCUT2D eigenvalue weighted by Crippen LogP contribution is -2.40. The molecule has 1 aromatic carbocycles. The van der Waals surface area contributed by atoms with Gasteiger partial charge in [0.25, 0.3) is 5.69 Å². The van der Waals surface area contributed by atoms with Gasteiger partial charge in [-0.3, -0.25) is 10.1 Å². The first kappa shape index (κ1) is 15.6. The van der Waals surface area contributed by atoms with Crippen LogP contribution in [0.25, 0.3) is 0 Å². The molecule has 0 spiro atoms. The van der Waals surface area contributed by atoms with Crippen molar-refractivity contribution in [2.24, 2.45) is 5.41 Å². The quantitative estimate of drug-likeness (QED) is 0.612. The molecule has 2 N–H and O–H groups in total. The number of hydrogen-bond donors (Lipinski definition) is 2. The van der Waals surface area contributed by atoms with Crippen LogP contribution in [-0.4, -0.2) is 22.7 Å². The van der Waals surface area contributed by atoms with Gasteiger partial charge >= 0.3 is 0 Å². The Kier molecular flexibility index (Phi) is 5.44. The van der Waals surface area contributed by atoms with E-state index in [-0.39, 0.29) is 23.8 Å². The van der Waals surface area contributed by atoms with Crippen LogP contribution in [0.15, 0.2) is 24.3 Å². The van der Waals surface area contributed by atoms with Crippen molar-refractivity contribution < 1.29 is 10.0 Å². The van der Waals surface area contributed by atoms with Crippen LogP contribution in [0.5, 0.6) is 0 Å². The molecule has 0 amide bonds. The van der Waals surface area contributed by atoms with Gasteiger partial charge in [0.15, 0.2) is 0 Å². The number of rotatable bonds is 6. The third-order valence-electron chi connectivity index (χ3n) is 3.16. The number of nitrogens with one attached hydrogen (secondary N) is 1. The molecule has 0 aliphatic rings. The van der Waals surface area contributed by atoms with Crippen LogP contribution >= 0.6 is 0 Å². The molecular weight excluding hydrogens is 244 g/mol. The first-order valence-electron chi connectivity index (χ1n) is 6.42. The predicted molar refractivity (Wildman–Crippen MR) is 74.9 cm³/mol. The van der Waals surface area contributed by atoms with E-state index in [1.807, 2.05) is 0 Å². The summed E-state index contributed by atoms with van der Waals surface area (Å²) in [6.07, 6.45) is 0.691. The summed E-state index contributed by atoms with van der Waals surface area (Å²) < 4.78 is 0. The van der Waals surface area contributed by atoms with Crippen LogP contribution in [0, 0.1) is 15.5 Å². The van der Waals surface area contributed by atoms with E-state index >= 15 is 0 Å². The first-order valence-corrected chi connectivity index (χ1v) is 6.42. The second-order valence-electron chi connectivity index (χ2n) is 5.74. The summed E-state index contributed by atoms with van der Waals surface area (Å²) in [6.45, 7) is 7.15. The van der Waals surface area contributed by atoms with E-state index < -0.39 is 4.92 Å². The second kappa shape index (κ2) is 6.63. The van der Waals surface area contributed by atoms with Crippen molar-refractivity contribution in [3.8, 4) is 0 Å². The van der Waals surface area contributed by atoms with E-state index in [0.29, 0.717) is 13.0 Å². The molecule has 1 unspecified atom stereocenters. The van der Waals surface area contributed by atoms with E-state index in [9.17, 15) is 10.1 Å². The lowest BCUT2D eigenvalue weighted by Gasteiger charge is -2.31. The molecule has 0 aliphatic heterocycles. The molecule has 5 heteroatoms. The molecule has 0 radical (unpaired) electrons. The normalized spacial score (nSPS) is 13.3. The minimum Gasteiger partial charge on any atom is -0.396 e. The Morgan fingerprint density at radius 2 is 1.89 bits per heavy atom. The fraction of sp³-hybridized carbons (Fsp3) is 0.571. The number of aliphatic hydroxyl groups excluding tert-OH is 1. The Hall–Kier alpha value is -1.46. The number of hydrogen-bond acceptors (Lipinski definition) is 4. The van der Waals surface area contributed by atoms with Gasteiger partial charge in [0.2, 0.25) is 0 Å². The van der Waals surface area contributed by atoms with Gasteiger partial charge in [0.1, 0.15) is 0 Å². The molecule has 0 saturated carbocycles. The van der Waals surface area contributed by atoms with Gasteiger partial charge in [-0.05, 0) is 17.4 Å². The van der Waals surface area contributed by atoms with Crippen LogP contribution in [-0.2, 0) is 6.54 Å². The number of nitro benzene ring substituents is 1. The molecule has 1 aromatic rings. The highest BCUT2D eigenvalue weighted by Crippen LogP contribution is 2.22. The third kappa shape index (κ3) is 4.96. The number of non-ortho nitro benzene ring substituents is 1. The summed E-state index contributed by atoms with van der Waals surface area (Å²) in [5.74, 6) is 0. The number of nitro groups is 1. The number of aliphatic hydroxyl groups is 1. The van der Waals surface area contributed by atoms with E-state index in [1.165, 1.54) is 12.1 Å². The Labute approximate surface area is 113 Å². The molecule has 0 saturated heterocycles. The highest BCUT2D eigenvalue weighted by Gasteiger charge is 2.23. The summed E-state index contributed by atoms with van der Waals surface area (Å²) in [6, 6.07) is 6.73. The van der Waals surface area contributed by atoms with E-state index in [1.54, 1.807) is 12.1 Å². The molecule has 0 aliphatic carbocycles. The van der Waals surface area contributed by atoms with Crippen molar-refractivity contribution in [2.45, 2.75) is 39.8 Å². The van der Waals surface area contributed by atoms with Gasteiger partial charge in [-0.15, -0.1) is 0 Å². The minimum absolute atomic E-state index is 0.0590. The molecule has 1 rings (SSSR count). The van der Waals surface area contributed by atoms with Crippen molar-refractivity contribution in [3.05, 3.63) is 39.9 Å². The van der Waals surface area contributed by atoms with Gasteiger partial charge in [0, 0.05) is 31.3 Å². The summed E-state index contributed by atoms with van der Waals surface area (Å²) in [7, 11) is 0. The lowest BCUT2D eigenvalue weighted by molar-refractivity contribution is -0.384. The second-order valence-corrected chi connectivity index (χ2v) is 5.74. The maximum atomic E-state index is 10.6. The van der Waals surface area contributed by atoms with Crippen molar-refractivity contribution in [2.75, 3.05) is 6.61 Å². The molecule has 5 nitrogen and oxygen atoms in total. The number of nitrogens with zero attached hydrogens (tertiary/aromatic N) is 1. The van der Waals surface area contributed by atoms with E-state index in [2.05, 4.69) is 26.1 Å². The first-order chi connectivity index (χ1) is 8.84. The zero-order chi connectivity index (χ0) is 14.5. The largest absolute Gasteiger partial charge is 0.396 e. The highest BCUT2D eigenvalue weighted by molar-refractivity contribution is 5.32. The molecule has 1 atom stereocenters. The van der Waals surface area contributed by atoms with Crippen LogP contribution in [0.1, 0.15) is 32.8 Å². The third-order valence-corrected chi connectivity index (χ3v) is 3.16. The van der Waals surface area contributed by atoms with Crippen molar-refractivity contribution in [3.63, 3.8) is 0 Å². The molecule has 19 heavy (non-hydrogen) atoms. The van der Waals surface area contributed by atoms with Crippen LogP contribution < -0.4 is 5.32 Å². The van der Waals surface area contributed by atoms with Gasteiger partial charge in [-0.2, -0.15) is 0 Å². The summed E-state index contributed by atoms with van der Waals surface area (Å²) in [5, 5.41) is 23.0. The predicted octanol–water partition coefficient (Wildman–Crippen LogP) is 2.48. The van der Waals surface area contributed by atoms with Crippen LogP contribution in [0.2, 0.25) is 0 Å². The molecule has 0 heterocycles. The Morgan fingerprint density at radius 1 is 1.32 bits per heavy atom. The number of benzene rings is 1. The Balaban J connectivity index is 2.61. The van der Waals surface area contributed by atoms with E-state index in [4.69, 9.17) is 5.11 Å². The zero-order valence-corrected chi connectivity index (χ0v) is 11.7. The fourth-order valence-corrected chi connectivity index (χ4v) is 1.95. The van der Waals surface area contributed by atoms with Crippen LogP contribution in [0.4, 0.5) is 5.69 Å². The zero-order valence-electron chi connectivity index (χ0n) is 11.7. The van der Waals surface area contributed by atoms with Crippen molar-refractivity contribution in [1.29, 1.82) is 0 Å². The average molecular weight is 266 g/mol.